The number of nitrogens with zero attached hydrogens (tertiary/aromatic N) is 3. The molecule has 0 aromatic carbocycles. The molecule has 0 saturated carbocycles. The van der Waals surface area contributed by atoms with Crippen LogP contribution in [-0.4, -0.2) is 15.9 Å². The van der Waals surface area contributed by atoms with Crippen molar-refractivity contribution in [2.75, 3.05) is 5.73 Å². The first-order valence-corrected chi connectivity index (χ1v) is 2.86. The predicted octanol–water partition coefficient (Wildman–Crippen LogP) is 0.302. The summed E-state index contributed by atoms with van der Waals surface area (Å²) >= 11 is 0. The van der Waals surface area contributed by atoms with Gasteiger partial charge in [0.1, 0.15) is 0 Å². The third-order valence-corrected chi connectivity index (χ3v) is 1.11. The number of aromatic nitrogens is 2. The van der Waals surface area contributed by atoms with Gasteiger partial charge in [0.2, 0.25) is 0 Å². The zero-order valence-corrected chi connectivity index (χ0v) is 9.33. The van der Waals surface area contributed by atoms with Gasteiger partial charge in [0.15, 0.2) is 0 Å². The van der Waals surface area contributed by atoms with Crippen LogP contribution < -0.4 is 5.73 Å². The second-order valence-corrected chi connectivity index (χ2v) is 1.82. The molecule has 0 saturated heterocycles. The van der Waals surface area contributed by atoms with Gasteiger partial charge in [0, 0.05) is 39.0 Å². The molecule has 0 unspecified atom stereocenters. The zero-order chi connectivity index (χ0) is 7.56. The fourth-order valence-electron chi connectivity index (χ4n) is 0.563. The SMILES string of the molecule is C[C-]=Nn1[c-]nc(C)c1N.[Y]. The van der Waals surface area contributed by atoms with Crippen molar-refractivity contribution in [3.8, 4) is 0 Å². The molecule has 0 amide bonds. The van der Waals surface area contributed by atoms with Crippen LogP contribution in [0.15, 0.2) is 5.10 Å². The van der Waals surface area contributed by atoms with E-state index < -0.39 is 0 Å². The zero-order valence-electron chi connectivity index (χ0n) is 6.50. The van der Waals surface area contributed by atoms with Crippen molar-refractivity contribution in [1.29, 1.82) is 0 Å². The Morgan fingerprint density at radius 2 is 2.36 bits per heavy atom. The van der Waals surface area contributed by atoms with Crippen molar-refractivity contribution < 1.29 is 32.7 Å². The van der Waals surface area contributed by atoms with Gasteiger partial charge >= 0.3 is 0 Å². The molecular formula is C6H8N4Y-2. The van der Waals surface area contributed by atoms with E-state index in [1.54, 1.807) is 13.8 Å². The molecule has 1 radical (unpaired) electrons. The van der Waals surface area contributed by atoms with Crippen molar-refractivity contribution >= 4 is 12.0 Å². The van der Waals surface area contributed by atoms with Gasteiger partial charge in [0.05, 0.1) is 0 Å². The smallest absolute Gasteiger partial charge is 0.0222 e. The van der Waals surface area contributed by atoms with Crippen molar-refractivity contribution in [3.05, 3.63) is 12.0 Å². The Morgan fingerprint density at radius 1 is 1.73 bits per heavy atom. The molecule has 0 aliphatic rings. The third kappa shape index (κ3) is 2.38. The van der Waals surface area contributed by atoms with Crippen LogP contribution in [0.2, 0.25) is 0 Å². The molecule has 1 rings (SSSR count). The molecule has 0 aliphatic heterocycles. The summed E-state index contributed by atoms with van der Waals surface area (Å²) in [5.74, 6) is 0.509. The number of hydrogen-bond acceptors (Lipinski definition) is 3. The summed E-state index contributed by atoms with van der Waals surface area (Å²) in [4.78, 5) is 3.81. The molecule has 4 nitrogen and oxygen atoms in total. The average molecular weight is 225 g/mol. The maximum absolute atomic E-state index is 5.52. The normalized spacial score (nSPS) is 10.0. The summed E-state index contributed by atoms with van der Waals surface area (Å²) in [5, 5.41) is 3.75. The van der Waals surface area contributed by atoms with Gasteiger partial charge in [0.25, 0.3) is 0 Å². The molecule has 1 aromatic rings. The molecule has 5 heteroatoms. The minimum absolute atomic E-state index is 0. The van der Waals surface area contributed by atoms with Crippen LogP contribution >= 0.6 is 0 Å². The van der Waals surface area contributed by atoms with Gasteiger partial charge in [-0.3, -0.25) is 0 Å². The average Bonchev–Trinajstić information content (AvgIpc) is 2.20. The van der Waals surface area contributed by atoms with Crippen LogP contribution in [0.1, 0.15) is 12.6 Å². The fourth-order valence-corrected chi connectivity index (χ4v) is 0.563. The monoisotopic (exact) mass is 225 g/mol. The van der Waals surface area contributed by atoms with Crippen LogP contribution in [0.25, 0.3) is 0 Å². The minimum atomic E-state index is 0. The van der Waals surface area contributed by atoms with E-state index in [9.17, 15) is 0 Å². The quantitative estimate of drug-likeness (QED) is 0.552. The standard InChI is InChI=1S/C6H8N4.Y/c1-3-9-10-4-8-5(2)6(10)7;/h7H2,1-2H3;/q-2;. The Hall–Kier alpha value is -0.216. The van der Waals surface area contributed by atoms with Crippen LogP contribution in [0.4, 0.5) is 5.82 Å². The van der Waals surface area contributed by atoms with Gasteiger partial charge in [-0.15, -0.1) is 0 Å². The molecule has 11 heavy (non-hydrogen) atoms. The molecular weight excluding hydrogens is 217 g/mol. The van der Waals surface area contributed by atoms with Crippen LogP contribution in [-0.2, 0) is 32.7 Å². The van der Waals surface area contributed by atoms with Gasteiger partial charge in [-0.25, -0.2) is 0 Å². The number of hydrogen-bond donors (Lipinski definition) is 1. The number of aryl methyl sites for hydroxylation is 1. The second kappa shape index (κ2) is 4.62. The fraction of sp³-hybridized carbons (Fsp3) is 0.333. The summed E-state index contributed by atoms with van der Waals surface area (Å²) in [7, 11) is 0. The summed E-state index contributed by atoms with van der Waals surface area (Å²) in [6.07, 6.45) is 5.16. The Labute approximate surface area is 90.8 Å². The van der Waals surface area contributed by atoms with E-state index in [0.29, 0.717) is 5.82 Å². The Balaban J connectivity index is 0.000001000. The summed E-state index contributed by atoms with van der Waals surface area (Å²) in [6, 6.07) is 0. The number of nitrogens with two attached hydrogens (primary N) is 1. The van der Waals surface area contributed by atoms with Gasteiger partial charge in [-0.05, 0) is 5.82 Å². The van der Waals surface area contributed by atoms with E-state index in [1.807, 2.05) is 0 Å². The first kappa shape index (κ1) is 10.8. The Kier molecular flexibility index (Phi) is 4.53. The number of anilines is 1. The molecule has 0 fully saturated rings. The van der Waals surface area contributed by atoms with E-state index in [1.165, 1.54) is 4.68 Å². The van der Waals surface area contributed by atoms with E-state index in [4.69, 9.17) is 5.73 Å². The predicted molar refractivity (Wildman–Crippen MR) is 38.7 cm³/mol. The number of rotatable bonds is 1. The molecule has 0 spiro atoms. The summed E-state index contributed by atoms with van der Waals surface area (Å²) in [6.45, 7) is 3.48. The van der Waals surface area contributed by atoms with Crippen molar-refractivity contribution in [2.24, 2.45) is 5.10 Å². The Bertz CT molecular complexity index is 253. The molecule has 2 N–H and O–H groups in total. The first-order valence-electron chi connectivity index (χ1n) is 2.86. The van der Waals surface area contributed by atoms with Crippen LogP contribution in [0.3, 0.4) is 0 Å². The minimum Gasteiger partial charge on any atom is -0.443 e. The first-order chi connectivity index (χ1) is 4.75. The van der Waals surface area contributed by atoms with Crippen LogP contribution in [0, 0.1) is 13.3 Å². The van der Waals surface area contributed by atoms with E-state index in [0.717, 1.165) is 5.69 Å². The third-order valence-electron chi connectivity index (χ3n) is 1.11. The largest absolute Gasteiger partial charge is 0.443 e. The summed E-state index contributed by atoms with van der Waals surface area (Å²) in [5.41, 5.74) is 6.26. The molecule has 57 valence electrons. The molecule has 0 bridgehead atoms. The van der Waals surface area contributed by atoms with Crippen LogP contribution in [0.5, 0.6) is 0 Å². The maximum atomic E-state index is 5.52. The molecule has 1 heterocycles. The van der Waals surface area contributed by atoms with E-state index in [2.05, 4.69) is 22.6 Å². The molecule has 1 aromatic heterocycles. The van der Waals surface area contributed by atoms with Gasteiger partial charge < -0.3 is 26.7 Å². The van der Waals surface area contributed by atoms with E-state index >= 15 is 0 Å². The van der Waals surface area contributed by atoms with E-state index in [-0.39, 0.29) is 32.7 Å². The topological polar surface area (TPSA) is 56.2 Å². The van der Waals surface area contributed by atoms with Crippen molar-refractivity contribution in [3.63, 3.8) is 0 Å². The number of imidazole rings is 1. The van der Waals surface area contributed by atoms with Crippen molar-refractivity contribution in [1.82, 2.24) is 9.66 Å². The van der Waals surface area contributed by atoms with Crippen molar-refractivity contribution in [2.45, 2.75) is 13.8 Å². The molecule has 0 atom stereocenters. The van der Waals surface area contributed by atoms with Gasteiger partial charge in [-0.1, -0.05) is 12.6 Å². The second-order valence-electron chi connectivity index (χ2n) is 1.82. The Morgan fingerprint density at radius 3 is 2.73 bits per heavy atom. The number of nitrogen functional groups attached to an aromatic ring is 1. The molecule has 0 aliphatic carbocycles. The van der Waals surface area contributed by atoms with Gasteiger partial charge in [-0.2, -0.15) is 6.92 Å². The summed E-state index contributed by atoms with van der Waals surface area (Å²) < 4.78 is 1.36. The maximum Gasteiger partial charge on any atom is 0.0222 e.